The molecule has 7 nitrogen and oxygen atoms in total. The van der Waals surface area contributed by atoms with E-state index >= 15 is 0 Å². The van der Waals surface area contributed by atoms with E-state index in [9.17, 15) is 18.0 Å². The van der Waals surface area contributed by atoms with Crippen LogP contribution in [0, 0.1) is 6.92 Å². The van der Waals surface area contributed by atoms with Crippen molar-refractivity contribution >= 4 is 43.5 Å². The number of carbonyl (C=O) groups excluding carboxylic acids is 2. The second kappa shape index (κ2) is 12.4. The number of rotatable bonds is 10. The van der Waals surface area contributed by atoms with E-state index in [4.69, 9.17) is 0 Å². The summed E-state index contributed by atoms with van der Waals surface area (Å²) in [4.78, 5) is 28.3. The van der Waals surface area contributed by atoms with Crippen LogP contribution in [0.4, 0.5) is 5.69 Å². The number of benzene rings is 3. The zero-order valence-electron chi connectivity index (χ0n) is 21.4. The van der Waals surface area contributed by atoms with E-state index in [1.807, 2.05) is 45.0 Å². The predicted molar refractivity (Wildman–Crippen MR) is 150 cm³/mol. The van der Waals surface area contributed by atoms with Crippen molar-refractivity contribution in [3.8, 4) is 0 Å². The predicted octanol–water partition coefficient (Wildman–Crippen LogP) is 4.89. The molecule has 2 amide bonds. The highest BCUT2D eigenvalue weighted by Gasteiger charge is 2.32. The molecule has 0 saturated carbocycles. The number of carbonyl (C=O) groups is 2. The van der Waals surface area contributed by atoms with Crippen molar-refractivity contribution in [1.29, 1.82) is 0 Å². The summed E-state index contributed by atoms with van der Waals surface area (Å²) < 4.78 is 29.3. The van der Waals surface area contributed by atoms with Gasteiger partial charge >= 0.3 is 0 Å². The number of hydrogen-bond donors (Lipinski definition) is 1. The number of nitrogens with one attached hydrogen (secondary N) is 1. The molecule has 0 saturated heterocycles. The van der Waals surface area contributed by atoms with Crippen LogP contribution in [0.15, 0.2) is 88.2 Å². The Labute approximate surface area is 227 Å². The van der Waals surface area contributed by atoms with E-state index in [0.717, 1.165) is 19.9 Å². The normalized spacial score (nSPS) is 12.2. The molecule has 3 aromatic rings. The quantitative estimate of drug-likeness (QED) is 0.367. The van der Waals surface area contributed by atoms with Gasteiger partial charge in [0, 0.05) is 17.1 Å². The highest BCUT2D eigenvalue weighted by Crippen LogP contribution is 2.26. The molecular formula is C28H32BrN3O4S. The lowest BCUT2D eigenvalue weighted by atomic mass is 10.1. The van der Waals surface area contributed by atoms with E-state index in [2.05, 4.69) is 21.2 Å². The summed E-state index contributed by atoms with van der Waals surface area (Å²) in [6.45, 7) is 6.98. The molecule has 0 fully saturated rings. The van der Waals surface area contributed by atoms with Crippen molar-refractivity contribution in [2.45, 2.75) is 51.2 Å². The van der Waals surface area contributed by atoms with Crippen LogP contribution in [-0.4, -0.2) is 43.8 Å². The van der Waals surface area contributed by atoms with Gasteiger partial charge in [0.15, 0.2) is 0 Å². The van der Waals surface area contributed by atoms with Gasteiger partial charge < -0.3 is 10.2 Å². The van der Waals surface area contributed by atoms with Crippen LogP contribution in [0.5, 0.6) is 0 Å². The fourth-order valence-electron chi connectivity index (χ4n) is 3.81. The summed E-state index contributed by atoms with van der Waals surface area (Å²) in [6, 6.07) is 21.4. The summed E-state index contributed by atoms with van der Waals surface area (Å²) in [5.41, 5.74) is 2.19. The van der Waals surface area contributed by atoms with Gasteiger partial charge in [-0.3, -0.25) is 13.9 Å². The number of anilines is 1. The molecule has 0 spiro atoms. The third-order valence-electron chi connectivity index (χ3n) is 5.92. The largest absolute Gasteiger partial charge is 0.352 e. The molecule has 37 heavy (non-hydrogen) atoms. The Morgan fingerprint density at radius 3 is 2.08 bits per heavy atom. The topological polar surface area (TPSA) is 86.8 Å². The zero-order chi connectivity index (χ0) is 27.2. The van der Waals surface area contributed by atoms with Gasteiger partial charge in [0.25, 0.3) is 10.0 Å². The molecule has 0 aliphatic carbocycles. The third-order valence-corrected chi connectivity index (χ3v) is 8.24. The molecule has 0 aliphatic heterocycles. The van der Waals surface area contributed by atoms with Crippen molar-refractivity contribution in [1.82, 2.24) is 10.2 Å². The second-order valence-electron chi connectivity index (χ2n) is 9.09. The van der Waals surface area contributed by atoms with E-state index in [1.54, 1.807) is 49.4 Å². The number of nitrogens with zero attached hydrogens (tertiary/aromatic N) is 2. The van der Waals surface area contributed by atoms with Gasteiger partial charge in [-0.1, -0.05) is 58.4 Å². The molecule has 1 atom stereocenters. The van der Waals surface area contributed by atoms with Gasteiger partial charge in [0.05, 0.1) is 10.6 Å². The van der Waals surface area contributed by atoms with Crippen LogP contribution >= 0.6 is 15.9 Å². The van der Waals surface area contributed by atoms with Crippen molar-refractivity contribution in [3.05, 3.63) is 94.5 Å². The molecule has 0 aliphatic rings. The van der Waals surface area contributed by atoms with Crippen LogP contribution in [-0.2, 0) is 26.2 Å². The molecule has 0 bridgehead atoms. The SMILES string of the molecule is Cc1ccccc1CN(C(=O)CN(c1ccc(Br)cc1)S(=O)(=O)c1ccccc1)C(C)C(=O)NC(C)C. The summed E-state index contributed by atoms with van der Waals surface area (Å²) in [6.07, 6.45) is 0. The first kappa shape index (κ1) is 28.4. The Bertz CT molecular complexity index is 1330. The Morgan fingerprint density at radius 2 is 1.49 bits per heavy atom. The van der Waals surface area contributed by atoms with Gasteiger partial charge in [-0.25, -0.2) is 8.42 Å². The average Bonchev–Trinajstić information content (AvgIpc) is 2.87. The molecule has 196 valence electrons. The molecule has 9 heteroatoms. The number of aryl methyl sites for hydroxylation is 1. The molecular weight excluding hydrogens is 554 g/mol. The molecule has 1 unspecified atom stereocenters. The van der Waals surface area contributed by atoms with E-state index in [1.165, 1.54) is 17.0 Å². The highest BCUT2D eigenvalue weighted by molar-refractivity contribution is 9.10. The first-order valence-electron chi connectivity index (χ1n) is 12.0. The Kier molecular flexibility index (Phi) is 9.50. The second-order valence-corrected chi connectivity index (χ2v) is 11.9. The van der Waals surface area contributed by atoms with Crippen molar-refractivity contribution in [3.63, 3.8) is 0 Å². The van der Waals surface area contributed by atoms with Crippen LogP contribution < -0.4 is 9.62 Å². The molecule has 0 radical (unpaired) electrons. The maximum atomic E-state index is 13.8. The molecule has 3 aromatic carbocycles. The summed E-state index contributed by atoms with van der Waals surface area (Å²) >= 11 is 3.37. The molecule has 0 aromatic heterocycles. The zero-order valence-corrected chi connectivity index (χ0v) is 23.8. The van der Waals surface area contributed by atoms with E-state index < -0.39 is 28.5 Å². The smallest absolute Gasteiger partial charge is 0.264 e. The standard InChI is InChI=1S/C28H32BrN3O4S/c1-20(2)30-28(34)22(4)31(18-23-11-9-8-10-21(23)3)27(33)19-32(25-16-14-24(29)15-17-25)37(35,36)26-12-6-5-7-13-26/h5-17,20,22H,18-19H2,1-4H3,(H,30,34). The number of hydrogen-bond acceptors (Lipinski definition) is 4. The maximum Gasteiger partial charge on any atom is 0.264 e. The number of halogens is 1. The minimum atomic E-state index is -4.07. The fraction of sp³-hybridized carbons (Fsp3) is 0.286. The van der Waals surface area contributed by atoms with Crippen molar-refractivity contribution in [2.24, 2.45) is 0 Å². The summed E-state index contributed by atoms with van der Waals surface area (Å²) in [7, 11) is -4.07. The van der Waals surface area contributed by atoms with Gasteiger partial charge in [-0.2, -0.15) is 0 Å². The highest BCUT2D eigenvalue weighted by atomic mass is 79.9. The Hall–Kier alpha value is -3.17. The number of sulfonamides is 1. The molecule has 1 N–H and O–H groups in total. The van der Waals surface area contributed by atoms with E-state index in [-0.39, 0.29) is 23.4 Å². The van der Waals surface area contributed by atoms with Crippen LogP contribution in [0.25, 0.3) is 0 Å². The van der Waals surface area contributed by atoms with Crippen molar-refractivity contribution in [2.75, 3.05) is 10.8 Å². The first-order valence-corrected chi connectivity index (χ1v) is 14.2. The molecule has 3 rings (SSSR count). The van der Waals surface area contributed by atoms with Gasteiger partial charge in [0.1, 0.15) is 12.6 Å². The third kappa shape index (κ3) is 7.20. The van der Waals surface area contributed by atoms with E-state index in [0.29, 0.717) is 5.69 Å². The number of amides is 2. The molecule has 0 heterocycles. The van der Waals surface area contributed by atoms with Crippen molar-refractivity contribution < 1.29 is 18.0 Å². The maximum absolute atomic E-state index is 13.8. The Morgan fingerprint density at radius 1 is 0.892 bits per heavy atom. The average molecular weight is 587 g/mol. The van der Waals surface area contributed by atoms with Crippen LogP contribution in [0.3, 0.4) is 0 Å². The van der Waals surface area contributed by atoms with Gasteiger partial charge in [0.2, 0.25) is 11.8 Å². The Balaban J connectivity index is 2.02. The first-order chi connectivity index (χ1) is 17.5. The van der Waals surface area contributed by atoms with Gasteiger partial charge in [-0.15, -0.1) is 0 Å². The summed E-state index contributed by atoms with van der Waals surface area (Å²) in [5.74, 6) is -0.796. The fourth-order valence-corrected chi connectivity index (χ4v) is 5.51. The van der Waals surface area contributed by atoms with Crippen LogP contribution in [0.1, 0.15) is 31.9 Å². The minimum Gasteiger partial charge on any atom is -0.352 e. The lowest BCUT2D eigenvalue weighted by Gasteiger charge is -2.32. The van der Waals surface area contributed by atoms with Crippen LogP contribution in [0.2, 0.25) is 0 Å². The monoisotopic (exact) mass is 585 g/mol. The summed E-state index contributed by atoms with van der Waals surface area (Å²) in [5, 5.41) is 2.86. The lowest BCUT2D eigenvalue weighted by Crippen LogP contribution is -2.52. The minimum absolute atomic E-state index is 0.0711. The lowest BCUT2D eigenvalue weighted by molar-refractivity contribution is -0.139. The van der Waals surface area contributed by atoms with Gasteiger partial charge in [-0.05, 0) is 75.2 Å².